The Kier molecular flexibility index (Phi) is 5.65. The van der Waals surface area contributed by atoms with E-state index in [0.29, 0.717) is 5.56 Å². The van der Waals surface area contributed by atoms with Gasteiger partial charge in [-0.25, -0.2) is 0 Å². The van der Waals surface area contributed by atoms with Gasteiger partial charge in [0.1, 0.15) is 6.29 Å². The molecule has 4 heteroatoms. The lowest BCUT2D eigenvalue weighted by Crippen LogP contribution is -2.23. The molecule has 1 aromatic carbocycles. The molecular weight excluding hydrogens is 280 g/mol. The van der Waals surface area contributed by atoms with Crippen molar-refractivity contribution < 1.29 is 4.79 Å². The van der Waals surface area contributed by atoms with Crippen LogP contribution >= 0.6 is 15.9 Å². The SMILES string of the molecule is CN(C)CCCN(C)c1ccc(C=O)cc1Br. The highest BCUT2D eigenvalue weighted by Gasteiger charge is 2.06. The summed E-state index contributed by atoms with van der Waals surface area (Å²) >= 11 is 3.50. The average Bonchev–Trinajstić information content (AvgIpc) is 2.28. The molecule has 94 valence electrons. The lowest BCUT2D eigenvalue weighted by atomic mass is 10.2. The largest absolute Gasteiger partial charge is 0.374 e. The molecule has 0 unspecified atom stereocenters. The van der Waals surface area contributed by atoms with E-state index in [2.05, 4.69) is 46.9 Å². The summed E-state index contributed by atoms with van der Waals surface area (Å²) in [5.41, 5.74) is 1.82. The molecule has 0 aliphatic rings. The number of halogens is 1. The first kappa shape index (κ1) is 14.2. The molecule has 3 nitrogen and oxygen atoms in total. The molecule has 0 saturated heterocycles. The van der Waals surface area contributed by atoms with E-state index in [0.717, 1.165) is 36.0 Å². The zero-order valence-corrected chi connectivity index (χ0v) is 12.2. The summed E-state index contributed by atoms with van der Waals surface area (Å²) < 4.78 is 0.967. The number of aldehydes is 1. The Labute approximate surface area is 112 Å². The summed E-state index contributed by atoms with van der Waals surface area (Å²) in [6.45, 7) is 2.07. The zero-order chi connectivity index (χ0) is 12.8. The molecule has 0 spiro atoms. The first-order valence-electron chi connectivity index (χ1n) is 5.65. The van der Waals surface area contributed by atoms with Crippen molar-refractivity contribution in [1.82, 2.24) is 4.90 Å². The van der Waals surface area contributed by atoms with Crippen LogP contribution in [-0.2, 0) is 0 Å². The van der Waals surface area contributed by atoms with Crippen LogP contribution in [0.2, 0.25) is 0 Å². The van der Waals surface area contributed by atoms with Crippen molar-refractivity contribution in [3.8, 4) is 0 Å². The van der Waals surface area contributed by atoms with Gasteiger partial charge in [-0.15, -0.1) is 0 Å². The molecule has 0 atom stereocenters. The third-order valence-electron chi connectivity index (χ3n) is 2.62. The van der Waals surface area contributed by atoms with Gasteiger partial charge in [0.25, 0.3) is 0 Å². The van der Waals surface area contributed by atoms with E-state index in [1.165, 1.54) is 0 Å². The lowest BCUT2D eigenvalue weighted by Gasteiger charge is -2.21. The number of hydrogen-bond acceptors (Lipinski definition) is 3. The highest BCUT2D eigenvalue weighted by atomic mass is 79.9. The first-order valence-corrected chi connectivity index (χ1v) is 6.44. The van der Waals surface area contributed by atoms with Gasteiger partial charge < -0.3 is 9.80 Å². The maximum atomic E-state index is 10.6. The highest BCUT2D eigenvalue weighted by Crippen LogP contribution is 2.26. The van der Waals surface area contributed by atoms with Crippen LogP contribution in [0.5, 0.6) is 0 Å². The predicted molar refractivity (Wildman–Crippen MR) is 76.0 cm³/mol. The van der Waals surface area contributed by atoms with Crippen LogP contribution in [0.25, 0.3) is 0 Å². The van der Waals surface area contributed by atoms with Crippen molar-refractivity contribution >= 4 is 27.9 Å². The molecule has 1 rings (SSSR count). The number of nitrogens with zero attached hydrogens (tertiary/aromatic N) is 2. The number of benzene rings is 1. The van der Waals surface area contributed by atoms with E-state index >= 15 is 0 Å². The summed E-state index contributed by atoms with van der Waals surface area (Å²) in [5, 5.41) is 0. The minimum atomic E-state index is 0.697. The third kappa shape index (κ3) is 4.48. The van der Waals surface area contributed by atoms with E-state index in [9.17, 15) is 4.79 Å². The van der Waals surface area contributed by atoms with Crippen LogP contribution in [0.3, 0.4) is 0 Å². The summed E-state index contributed by atoms with van der Waals surface area (Å²) in [4.78, 5) is 15.0. The second kappa shape index (κ2) is 6.77. The number of rotatable bonds is 6. The van der Waals surface area contributed by atoms with Crippen LogP contribution in [0.1, 0.15) is 16.8 Å². The Balaban J connectivity index is 2.62. The smallest absolute Gasteiger partial charge is 0.150 e. The fourth-order valence-corrected chi connectivity index (χ4v) is 2.35. The van der Waals surface area contributed by atoms with Gasteiger partial charge in [-0.05, 0) is 61.2 Å². The van der Waals surface area contributed by atoms with Crippen LogP contribution in [0.15, 0.2) is 22.7 Å². The van der Waals surface area contributed by atoms with Gasteiger partial charge in [0.2, 0.25) is 0 Å². The van der Waals surface area contributed by atoms with E-state index < -0.39 is 0 Å². The molecule has 1 aromatic rings. The monoisotopic (exact) mass is 298 g/mol. The lowest BCUT2D eigenvalue weighted by molar-refractivity contribution is 0.112. The second-order valence-corrected chi connectivity index (χ2v) is 5.26. The molecule has 0 heterocycles. The van der Waals surface area contributed by atoms with Crippen molar-refractivity contribution in [2.24, 2.45) is 0 Å². The van der Waals surface area contributed by atoms with Crippen LogP contribution < -0.4 is 4.90 Å². The molecule has 0 saturated carbocycles. The van der Waals surface area contributed by atoms with E-state index in [-0.39, 0.29) is 0 Å². The molecule has 0 radical (unpaired) electrons. The summed E-state index contributed by atoms with van der Waals surface area (Å²) in [7, 11) is 6.22. The number of carbonyl (C=O) groups excluding carboxylic acids is 1. The van der Waals surface area contributed by atoms with Crippen LogP contribution in [-0.4, -0.2) is 45.4 Å². The van der Waals surface area contributed by atoms with Gasteiger partial charge >= 0.3 is 0 Å². The van der Waals surface area contributed by atoms with Crippen molar-refractivity contribution in [3.63, 3.8) is 0 Å². The molecular formula is C13H19BrN2O. The second-order valence-electron chi connectivity index (χ2n) is 4.41. The van der Waals surface area contributed by atoms with Gasteiger partial charge in [0, 0.05) is 23.6 Å². The normalized spacial score (nSPS) is 10.6. The maximum absolute atomic E-state index is 10.6. The van der Waals surface area contributed by atoms with Gasteiger partial charge in [0.05, 0.1) is 5.69 Å². The van der Waals surface area contributed by atoms with Gasteiger partial charge in [-0.1, -0.05) is 0 Å². The first-order chi connectivity index (χ1) is 8.04. The van der Waals surface area contributed by atoms with Crippen molar-refractivity contribution in [2.75, 3.05) is 39.1 Å². The van der Waals surface area contributed by atoms with E-state index in [4.69, 9.17) is 0 Å². The average molecular weight is 299 g/mol. The Hall–Kier alpha value is -0.870. The number of carbonyl (C=O) groups is 1. The van der Waals surface area contributed by atoms with Gasteiger partial charge in [0.15, 0.2) is 0 Å². The minimum Gasteiger partial charge on any atom is -0.374 e. The predicted octanol–water partition coefficient (Wildman–Crippen LogP) is 2.65. The van der Waals surface area contributed by atoms with Crippen molar-refractivity contribution in [3.05, 3.63) is 28.2 Å². The van der Waals surface area contributed by atoms with E-state index in [1.807, 2.05) is 18.2 Å². The summed E-state index contributed by atoms with van der Waals surface area (Å²) in [5.74, 6) is 0. The zero-order valence-electron chi connectivity index (χ0n) is 10.6. The fourth-order valence-electron chi connectivity index (χ4n) is 1.65. The highest BCUT2D eigenvalue weighted by molar-refractivity contribution is 9.10. The number of anilines is 1. The maximum Gasteiger partial charge on any atom is 0.150 e. The van der Waals surface area contributed by atoms with Crippen molar-refractivity contribution in [1.29, 1.82) is 0 Å². The molecule has 0 fully saturated rings. The van der Waals surface area contributed by atoms with Crippen LogP contribution in [0.4, 0.5) is 5.69 Å². The molecule has 0 amide bonds. The summed E-state index contributed by atoms with van der Waals surface area (Å²) in [6, 6.07) is 5.67. The topological polar surface area (TPSA) is 23.6 Å². The molecule has 0 bridgehead atoms. The molecule has 17 heavy (non-hydrogen) atoms. The van der Waals surface area contributed by atoms with E-state index in [1.54, 1.807) is 0 Å². The molecule has 0 N–H and O–H groups in total. The molecule has 0 aliphatic heterocycles. The Morgan fingerprint density at radius 1 is 1.24 bits per heavy atom. The molecule has 0 aliphatic carbocycles. The third-order valence-corrected chi connectivity index (χ3v) is 3.25. The van der Waals surface area contributed by atoms with Gasteiger partial charge in [-0.2, -0.15) is 0 Å². The number of hydrogen-bond donors (Lipinski definition) is 0. The van der Waals surface area contributed by atoms with Gasteiger partial charge in [-0.3, -0.25) is 4.79 Å². The standard InChI is InChI=1S/C13H19BrN2O/c1-15(2)7-4-8-16(3)13-6-5-11(10-17)9-12(13)14/h5-6,9-10H,4,7-8H2,1-3H3. The minimum absolute atomic E-state index is 0.697. The quantitative estimate of drug-likeness (QED) is 0.755. The Morgan fingerprint density at radius 3 is 2.47 bits per heavy atom. The fraction of sp³-hybridized carbons (Fsp3) is 0.462. The van der Waals surface area contributed by atoms with Crippen molar-refractivity contribution in [2.45, 2.75) is 6.42 Å². The Morgan fingerprint density at radius 2 is 1.94 bits per heavy atom. The van der Waals surface area contributed by atoms with Crippen LogP contribution in [0, 0.1) is 0 Å². The summed E-state index contributed by atoms with van der Waals surface area (Å²) in [6.07, 6.45) is 1.98. The Bertz CT molecular complexity index is 380. The molecule has 0 aromatic heterocycles.